The van der Waals surface area contributed by atoms with E-state index >= 15 is 0 Å². The Kier molecular flexibility index (Phi) is 6.62. The second-order valence-electron chi connectivity index (χ2n) is 6.11. The molecule has 3 aromatic rings. The molecule has 1 heterocycles. The third kappa shape index (κ3) is 5.57. The molecule has 0 bridgehead atoms. The van der Waals surface area contributed by atoms with E-state index in [1.807, 2.05) is 37.3 Å². The fourth-order valence-electron chi connectivity index (χ4n) is 2.57. The molecule has 0 unspecified atom stereocenters. The van der Waals surface area contributed by atoms with Crippen LogP contribution in [0.25, 0.3) is 0 Å². The van der Waals surface area contributed by atoms with Crippen molar-refractivity contribution in [3.05, 3.63) is 71.7 Å². The lowest BCUT2D eigenvalue weighted by Gasteiger charge is -2.11. The van der Waals surface area contributed by atoms with Gasteiger partial charge in [-0.25, -0.2) is 9.37 Å². The number of ether oxygens (including phenoxy) is 2. The number of halogens is 1. The molecule has 0 spiro atoms. The van der Waals surface area contributed by atoms with E-state index in [9.17, 15) is 4.39 Å². The molecule has 0 fully saturated rings. The summed E-state index contributed by atoms with van der Waals surface area (Å²) >= 11 is 0. The molecule has 6 nitrogen and oxygen atoms in total. The fraction of sp³-hybridized carbons (Fsp3) is 0.238. The molecule has 2 aromatic carbocycles. The highest BCUT2D eigenvalue weighted by Crippen LogP contribution is 2.17. The number of anilines is 2. The van der Waals surface area contributed by atoms with Gasteiger partial charge in [-0.05, 0) is 37.3 Å². The van der Waals surface area contributed by atoms with Crippen LogP contribution in [0.5, 0.6) is 11.5 Å². The Morgan fingerprint density at radius 3 is 2.46 bits per heavy atom. The molecule has 0 atom stereocenters. The Labute approximate surface area is 163 Å². The minimum Gasteiger partial charge on any atom is -0.497 e. The van der Waals surface area contributed by atoms with Crippen molar-refractivity contribution in [2.24, 2.45) is 0 Å². The smallest absolute Gasteiger partial charge is 0.225 e. The fourth-order valence-corrected chi connectivity index (χ4v) is 2.57. The molecule has 0 aliphatic carbocycles. The largest absolute Gasteiger partial charge is 0.497 e. The van der Waals surface area contributed by atoms with Gasteiger partial charge in [0.05, 0.1) is 13.7 Å². The Hall–Kier alpha value is -3.35. The number of hydrogen-bond donors (Lipinski definition) is 2. The molecule has 0 radical (unpaired) electrons. The van der Waals surface area contributed by atoms with Crippen LogP contribution in [0, 0.1) is 12.7 Å². The van der Waals surface area contributed by atoms with Gasteiger partial charge in [0, 0.05) is 23.9 Å². The first-order valence-corrected chi connectivity index (χ1v) is 8.98. The zero-order valence-electron chi connectivity index (χ0n) is 15.9. The van der Waals surface area contributed by atoms with Gasteiger partial charge >= 0.3 is 0 Å². The molecule has 0 saturated heterocycles. The van der Waals surface area contributed by atoms with Gasteiger partial charge in [0.1, 0.15) is 29.7 Å². The second kappa shape index (κ2) is 9.55. The number of benzene rings is 2. The Bertz CT molecular complexity index is 903. The normalized spacial score (nSPS) is 10.4. The zero-order valence-corrected chi connectivity index (χ0v) is 15.9. The van der Waals surface area contributed by atoms with E-state index in [1.54, 1.807) is 25.3 Å². The van der Waals surface area contributed by atoms with Crippen LogP contribution in [0.4, 0.5) is 16.2 Å². The van der Waals surface area contributed by atoms with Crippen LogP contribution in [0.3, 0.4) is 0 Å². The summed E-state index contributed by atoms with van der Waals surface area (Å²) in [7, 11) is 1.63. The number of methoxy groups -OCH3 is 1. The molecule has 0 amide bonds. The topological polar surface area (TPSA) is 68.3 Å². The number of aromatic nitrogens is 2. The number of rotatable bonds is 9. The molecule has 2 N–H and O–H groups in total. The molecule has 3 rings (SSSR count). The van der Waals surface area contributed by atoms with Crippen LogP contribution in [-0.2, 0) is 6.54 Å². The third-order valence-electron chi connectivity index (χ3n) is 3.99. The highest BCUT2D eigenvalue weighted by molar-refractivity contribution is 5.42. The summed E-state index contributed by atoms with van der Waals surface area (Å²) in [6.45, 7) is 3.26. The predicted octanol–water partition coefficient (Wildman–Crippen LogP) is 4.04. The van der Waals surface area contributed by atoms with Crippen LogP contribution in [-0.4, -0.2) is 30.2 Å². The molecule has 0 aliphatic rings. The molecule has 0 aliphatic heterocycles. The van der Waals surface area contributed by atoms with Crippen LogP contribution in [0.2, 0.25) is 0 Å². The van der Waals surface area contributed by atoms with Crippen LogP contribution in [0.15, 0.2) is 54.6 Å². The van der Waals surface area contributed by atoms with Gasteiger partial charge in [0.25, 0.3) is 0 Å². The van der Waals surface area contributed by atoms with Crippen molar-refractivity contribution in [1.29, 1.82) is 0 Å². The standard InChI is InChI=1S/C21H23FN4O2/c1-15-13-20(23-11-12-28-18-9-7-17(27-2)8-10-18)26-21(25-15)24-14-16-5-3-4-6-19(16)22/h3-10,13H,11-12,14H2,1-2H3,(H2,23,24,25,26). The number of nitrogens with zero attached hydrogens (tertiary/aromatic N) is 2. The van der Waals surface area contributed by atoms with Gasteiger partial charge in [0.2, 0.25) is 5.95 Å². The molecule has 7 heteroatoms. The molecule has 146 valence electrons. The van der Waals surface area contributed by atoms with E-state index in [1.165, 1.54) is 6.07 Å². The van der Waals surface area contributed by atoms with Gasteiger partial charge in [0.15, 0.2) is 0 Å². The van der Waals surface area contributed by atoms with E-state index < -0.39 is 0 Å². The lowest BCUT2D eigenvalue weighted by molar-refractivity contribution is 0.331. The summed E-state index contributed by atoms with van der Waals surface area (Å²) in [5.41, 5.74) is 1.37. The Morgan fingerprint density at radius 2 is 1.71 bits per heavy atom. The quantitative estimate of drug-likeness (QED) is 0.545. The van der Waals surface area contributed by atoms with Crippen molar-refractivity contribution in [1.82, 2.24) is 9.97 Å². The highest BCUT2D eigenvalue weighted by atomic mass is 19.1. The summed E-state index contributed by atoms with van der Waals surface area (Å²) in [6.07, 6.45) is 0. The van der Waals surface area contributed by atoms with Gasteiger partial charge in [-0.15, -0.1) is 0 Å². The number of aryl methyl sites for hydroxylation is 1. The average Bonchev–Trinajstić information content (AvgIpc) is 2.71. The highest BCUT2D eigenvalue weighted by Gasteiger charge is 2.05. The van der Waals surface area contributed by atoms with E-state index in [2.05, 4.69) is 20.6 Å². The molecule has 1 aromatic heterocycles. The van der Waals surface area contributed by atoms with Crippen molar-refractivity contribution in [2.75, 3.05) is 30.9 Å². The summed E-state index contributed by atoms with van der Waals surface area (Å²) in [6, 6.07) is 15.9. The monoisotopic (exact) mass is 382 g/mol. The SMILES string of the molecule is COc1ccc(OCCNc2cc(C)nc(NCc3ccccc3F)n2)cc1. The average molecular weight is 382 g/mol. The van der Waals surface area contributed by atoms with Crippen molar-refractivity contribution in [3.63, 3.8) is 0 Å². The minimum absolute atomic E-state index is 0.253. The van der Waals surface area contributed by atoms with Crippen LogP contribution < -0.4 is 20.1 Å². The maximum Gasteiger partial charge on any atom is 0.225 e. The lowest BCUT2D eigenvalue weighted by Crippen LogP contribution is -2.14. The van der Waals surface area contributed by atoms with Gasteiger partial charge < -0.3 is 20.1 Å². The van der Waals surface area contributed by atoms with Crippen molar-refractivity contribution >= 4 is 11.8 Å². The first-order chi connectivity index (χ1) is 13.6. The zero-order chi connectivity index (χ0) is 19.8. The van der Waals surface area contributed by atoms with Gasteiger partial charge in [-0.3, -0.25) is 0 Å². The van der Waals surface area contributed by atoms with Crippen LogP contribution >= 0.6 is 0 Å². The van der Waals surface area contributed by atoms with Crippen LogP contribution in [0.1, 0.15) is 11.3 Å². The summed E-state index contributed by atoms with van der Waals surface area (Å²) in [4.78, 5) is 8.76. The first kappa shape index (κ1) is 19.4. The van der Waals surface area contributed by atoms with Crippen molar-refractivity contribution in [2.45, 2.75) is 13.5 Å². The molecule has 0 saturated carbocycles. The summed E-state index contributed by atoms with van der Waals surface area (Å²) < 4.78 is 24.5. The third-order valence-corrected chi connectivity index (χ3v) is 3.99. The van der Waals surface area contributed by atoms with Gasteiger partial charge in [-0.2, -0.15) is 4.98 Å². The Balaban J connectivity index is 1.50. The van der Waals surface area contributed by atoms with E-state index in [-0.39, 0.29) is 5.82 Å². The van der Waals surface area contributed by atoms with E-state index in [0.717, 1.165) is 17.2 Å². The predicted molar refractivity (Wildman–Crippen MR) is 107 cm³/mol. The summed E-state index contributed by atoms with van der Waals surface area (Å²) in [5.74, 6) is 2.44. The summed E-state index contributed by atoms with van der Waals surface area (Å²) in [5, 5.41) is 6.28. The van der Waals surface area contributed by atoms with Crippen molar-refractivity contribution in [3.8, 4) is 11.5 Å². The number of nitrogens with one attached hydrogen (secondary N) is 2. The first-order valence-electron chi connectivity index (χ1n) is 8.98. The minimum atomic E-state index is -0.253. The lowest BCUT2D eigenvalue weighted by atomic mass is 10.2. The van der Waals surface area contributed by atoms with Crippen molar-refractivity contribution < 1.29 is 13.9 Å². The van der Waals surface area contributed by atoms with E-state index in [0.29, 0.717) is 37.0 Å². The van der Waals surface area contributed by atoms with E-state index in [4.69, 9.17) is 9.47 Å². The maximum atomic E-state index is 13.7. The Morgan fingerprint density at radius 1 is 0.964 bits per heavy atom. The second-order valence-corrected chi connectivity index (χ2v) is 6.11. The maximum absolute atomic E-state index is 13.7. The number of hydrogen-bond acceptors (Lipinski definition) is 6. The molecular formula is C21H23FN4O2. The molecule has 28 heavy (non-hydrogen) atoms. The van der Waals surface area contributed by atoms with Gasteiger partial charge in [-0.1, -0.05) is 18.2 Å². The molecular weight excluding hydrogens is 359 g/mol.